The van der Waals surface area contributed by atoms with Crippen LogP contribution in [-0.4, -0.2) is 36.7 Å². The molecule has 0 spiro atoms. The van der Waals surface area contributed by atoms with Gasteiger partial charge in [0.15, 0.2) is 0 Å². The Morgan fingerprint density at radius 1 is 1.33 bits per heavy atom. The van der Waals surface area contributed by atoms with Crippen molar-refractivity contribution in [3.05, 3.63) is 41.7 Å². The van der Waals surface area contributed by atoms with E-state index in [4.69, 9.17) is 0 Å². The highest BCUT2D eigenvalue weighted by Gasteiger charge is 2.24. The third kappa shape index (κ3) is 3.13. The summed E-state index contributed by atoms with van der Waals surface area (Å²) in [4.78, 5) is 15.3. The van der Waals surface area contributed by atoms with Gasteiger partial charge in [-0.15, -0.1) is 0 Å². The van der Waals surface area contributed by atoms with Gasteiger partial charge in [-0.25, -0.2) is 13.4 Å². The number of hydrogen-bond acceptors (Lipinski definition) is 4. The number of amides is 1. The van der Waals surface area contributed by atoms with E-state index in [-0.39, 0.29) is 5.16 Å². The van der Waals surface area contributed by atoms with Crippen LogP contribution in [0, 0.1) is 13.8 Å². The minimum Gasteiger partial charge on any atom is -0.358 e. The molecule has 0 atom stereocenters. The minimum atomic E-state index is -3.80. The van der Waals surface area contributed by atoms with Crippen molar-refractivity contribution in [1.82, 2.24) is 14.9 Å². The highest BCUT2D eigenvalue weighted by Crippen LogP contribution is 2.20. The Kier molecular flexibility index (Phi) is 4.13. The standard InChI is InChI=1S/C14H17N3O3S/c1-10-4-5-11(2)12(8-10)17-7-6-16-14(17)21(19,20)9-13(18)15-3/h4-8H,9H2,1-3H3,(H,15,18). The van der Waals surface area contributed by atoms with Crippen LogP contribution in [0.1, 0.15) is 11.1 Å². The summed E-state index contributed by atoms with van der Waals surface area (Å²) in [6.07, 6.45) is 3.00. The van der Waals surface area contributed by atoms with Crippen LogP contribution in [0.3, 0.4) is 0 Å². The zero-order chi connectivity index (χ0) is 15.6. The Labute approximate surface area is 123 Å². The molecule has 0 radical (unpaired) electrons. The molecule has 1 heterocycles. The molecule has 7 heteroatoms. The fourth-order valence-electron chi connectivity index (χ4n) is 1.99. The molecular weight excluding hydrogens is 290 g/mol. The third-order valence-corrected chi connectivity index (χ3v) is 4.61. The second-order valence-corrected chi connectivity index (χ2v) is 6.69. The Hall–Kier alpha value is -2.15. The summed E-state index contributed by atoms with van der Waals surface area (Å²) in [5.74, 6) is -1.18. The summed E-state index contributed by atoms with van der Waals surface area (Å²) in [5.41, 5.74) is 2.68. The van der Waals surface area contributed by atoms with Crippen LogP contribution in [-0.2, 0) is 14.6 Å². The summed E-state index contributed by atoms with van der Waals surface area (Å²) in [6.45, 7) is 3.82. The average Bonchev–Trinajstić information content (AvgIpc) is 2.91. The van der Waals surface area contributed by atoms with Crippen LogP contribution >= 0.6 is 0 Å². The lowest BCUT2D eigenvalue weighted by Crippen LogP contribution is -2.28. The van der Waals surface area contributed by atoms with Crippen molar-refractivity contribution >= 4 is 15.7 Å². The number of rotatable bonds is 4. The lowest BCUT2D eigenvalue weighted by molar-refractivity contribution is -0.118. The van der Waals surface area contributed by atoms with Crippen molar-refractivity contribution in [3.63, 3.8) is 0 Å². The van der Waals surface area contributed by atoms with Crippen molar-refractivity contribution in [2.75, 3.05) is 12.8 Å². The lowest BCUT2D eigenvalue weighted by atomic mass is 10.1. The summed E-state index contributed by atoms with van der Waals surface area (Å²) < 4.78 is 26.1. The van der Waals surface area contributed by atoms with Crippen molar-refractivity contribution in [2.24, 2.45) is 0 Å². The molecular formula is C14H17N3O3S. The maximum absolute atomic E-state index is 12.3. The highest BCUT2D eigenvalue weighted by molar-refractivity contribution is 7.92. The van der Waals surface area contributed by atoms with Gasteiger partial charge in [0.25, 0.3) is 0 Å². The van der Waals surface area contributed by atoms with Gasteiger partial charge in [0, 0.05) is 19.4 Å². The molecule has 1 N–H and O–H groups in total. The molecule has 0 unspecified atom stereocenters. The van der Waals surface area contributed by atoms with Crippen LogP contribution in [0.15, 0.2) is 35.7 Å². The molecule has 0 aliphatic carbocycles. The smallest absolute Gasteiger partial charge is 0.235 e. The van der Waals surface area contributed by atoms with E-state index in [9.17, 15) is 13.2 Å². The number of aromatic nitrogens is 2. The molecule has 0 bridgehead atoms. The minimum absolute atomic E-state index is 0.125. The largest absolute Gasteiger partial charge is 0.358 e. The zero-order valence-electron chi connectivity index (χ0n) is 12.1. The van der Waals surface area contributed by atoms with Crippen molar-refractivity contribution in [1.29, 1.82) is 0 Å². The first-order valence-electron chi connectivity index (χ1n) is 6.39. The summed E-state index contributed by atoms with van der Waals surface area (Å²) in [5, 5.41) is 2.18. The van der Waals surface area contributed by atoms with E-state index in [0.717, 1.165) is 16.8 Å². The van der Waals surface area contributed by atoms with Gasteiger partial charge in [0.1, 0.15) is 5.75 Å². The Morgan fingerprint density at radius 3 is 2.71 bits per heavy atom. The number of nitrogens with zero attached hydrogens (tertiary/aromatic N) is 2. The molecule has 112 valence electrons. The van der Waals surface area contributed by atoms with Crippen LogP contribution in [0.5, 0.6) is 0 Å². The first-order chi connectivity index (χ1) is 9.85. The number of benzene rings is 1. The van der Waals surface area contributed by atoms with Crippen molar-refractivity contribution < 1.29 is 13.2 Å². The Balaban J connectivity index is 2.53. The zero-order valence-corrected chi connectivity index (χ0v) is 12.9. The molecule has 21 heavy (non-hydrogen) atoms. The first-order valence-corrected chi connectivity index (χ1v) is 8.04. The number of sulfone groups is 1. The maximum atomic E-state index is 12.3. The van der Waals surface area contributed by atoms with Crippen molar-refractivity contribution in [2.45, 2.75) is 19.0 Å². The van der Waals surface area contributed by atoms with E-state index in [1.54, 1.807) is 6.20 Å². The van der Waals surface area contributed by atoms with Crippen LogP contribution in [0.2, 0.25) is 0 Å². The summed E-state index contributed by atoms with van der Waals surface area (Å²) >= 11 is 0. The van der Waals surface area contributed by atoms with Crippen LogP contribution < -0.4 is 5.32 Å². The first kappa shape index (κ1) is 15.2. The van der Waals surface area contributed by atoms with Gasteiger partial charge in [-0.3, -0.25) is 9.36 Å². The molecule has 1 aromatic carbocycles. The normalized spacial score (nSPS) is 11.4. The fourth-order valence-corrected chi connectivity index (χ4v) is 3.29. The Bertz CT molecular complexity index is 779. The molecule has 2 aromatic rings. The quantitative estimate of drug-likeness (QED) is 0.914. The SMILES string of the molecule is CNC(=O)CS(=O)(=O)c1nccn1-c1cc(C)ccc1C. The second-order valence-electron chi connectivity index (χ2n) is 4.80. The molecule has 0 fully saturated rings. The summed E-state index contributed by atoms with van der Waals surface area (Å²) in [7, 11) is -2.40. The topological polar surface area (TPSA) is 81.1 Å². The van der Waals surface area contributed by atoms with Gasteiger partial charge in [-0.05, 0) is 31.0 Å². The Morgan fingerprint density at radius 2 is 2.05 bits per heavy atom. The molecule has 0 saturated carbocycles. The fraction of sp³-hybridized carbons (Fsp3) is 0.286. The molecule has 2 rings (SSSR count). The van der Waals surface area contributed by atoms with Gasteiger partial charge in [-0.2, -0.15) is 0 Å². The predicted octanol–water partition coefficient (Wildman–Crippen LogP) is 1.01. The van der Waals surface area contributed by atoms with Gasteiger partial charge in [0.2, 0.25) is 20.9 Å². The predicted molar refractivity (Wildman–Crippen MR) is 79.2 cm³/mol. The van der Waals surface area contributed by atoms with Gasteiger partial charge in [-0.1, -0.05) is 12.1 Å². The van der Waals surface area contributed by atoms with Crippen LogP contribution in [0.25, 0.3) is 5.69 Å². The van der Waals surface area contributed by atoms with E-state index in [2.05, 4.69) is 10.3 Å². The van der Waals surface area contributed by atoms with E-state index in [0.29, 0.717) is 0 Å². The number of hydrogen-bond donors (Lipinski definition) is 1. The van der Waals surface area contributed by atoms with E-state index in [1.807, 2.05) is 32.0 Å². The number of imidazole rings is 1. The molecule has 1 amide bonds. The third-order valence-electron chi connectivity index (χ3n) is 3.11. The number of carbonyl (C=O) groups excluding carboxylic acids is 1. The molecule has 1 aromatic heterocycles. The van der Waals surface area contributed by atoms with E-state index >= 15 is 0 Å². The average molecular weight is 307 g/mol. The molecule has 0 aliphatic heterocycles. The second kappa shape index (κ2) is 5.69. The van der Waals surface area contributed by atoms with Gasteiger partial charge < -0.3 is 5.32 Å². The van der Waals surface area contributed by atoms with Crippen molar-refractivity contribution in [3.8, 4) is 5.69 Å². The lowest BCUT2D eigenvalue weighted by Gasteiger charge is -2.11. The molecule has 6 nitrogen and oxygen atoms in total. The summed E-state index contributed by atoms with van der Waals surface area (Å²) in [6, 6.07) is 5.75. The van der Waals surface area contributed by atoms with E-state index < -0.39 is 21.5 Å². The van der Waals surface area contributed by atoms with Gasteiger partial charge in [0.05, 0.1) is 5.69 Å². The van der Waals surface area contributed by atoms with Gasteiger partial charge >= 0.3 is 0 Å². The number of carbonyl (C=O) groups is 1. The monoisotopic (exact) mass is 307 g/mol. The highest BCUT2D eigenvalue weighted by atomic mass is 32.2. The number of aryl methyl sites for hydroxylation is 2. The molecule has 0 saturated heterocycles. The number of nitrogens with one attached hydrogen (secondary N) is 1. The van der Waals surface area contributed by atoms with E-state index in [1.165, 1.54) is 17.8 Å². The molecule has 0 aliphatic rings. The maximum Gasteiger partial charge on any atom is 0.235 e. The van der Waals surface area contributed by atoms with Crippen LogP contribution in [0.4, 0.5) is 0 Å².